The van der Waals surface area contributed by atoms with Crippen LogP contribution in [0.4, 0.5) is 5.82 Å². The molecule has 1 aliphatic heterocycles. The Morgan fingerprint density at radius 1 is 1.00 bits per heavy atom. The fourth-order valence-corrected chi connectivity index (χ4v) is 3.75. The highest BCUT2D eigenvalue weighted by Gasteiger charge is 2.47. The Kier molecular flexibility index (Phi) is 5.77. The lowest BCUT2D eigenvalue weighted by atomic mass is 9.94. The van der Waals surface area contributed by atoms with E-state index in [1.54, 1.807) is 48.7 Å². The van der Waals surface area contributed by atoms with Crippen molar-refractivity contribution in [3.63, 3.8) is 0 Å². The standard InChI is InChI=1S/C26H24N2O4/c1-16(2)32-20-13-11-19(12-14-20)24(29)22-23(18-9-7-17(3)8-10-18)28(26(31)25(22)30)21-6-4-5-15-27-21/h4-16,23,29H,1-3H3/b24-22+/t23-/m1/s1. The van der Waals surface area contributed by atoms with Gasteiger partial charge in [-0.1, -0.05) is 35.9 Å². The lowest BCUT2D eigenvalue weighted by molar-refractivity contribution is -0.132. The first-order valence-electron chi connectivity index (χ1n) is 10.4. The number of aliphatic hydroxyl groups is 1. The van der Waals surface area contributed by atoms with Crippen LogP contribution in [0.15, 0.2) is 78.5 Å². The largest absolute Gasteiger partial charge is 0.507 e. The number of ketones is 1. The zero-order chi connectivity index (χ0) is 22.8. The molecule has 162 valence electrons. The summed E-state index contributed by atoms with van der Waals surface area (Å²) in [7, 11) is 0. The number of benzene rings is 2. The Labute approximate surface area is 186 Å². The van der Waals surface area contributed by atoms with Gasteiger partial charge in [0.15, 0.2) is 0 Å². The second kappa shape index (κ2) is 8.67. The number of hydrogen-bond acceptors (Lipinski definition) is 5. The van der Waals surface area contributed by atoms with Crippen molar-refractivity contribution in [3.05, 3.63) is 95.2 Å². The highest BCUT2D eigenvalue weighted by Crippen LogP contribution is 2.41. The molecule has 1 aromatic heterocycles. The molecule has 2 heterocycles. The van der Waals surface area contributed by atoms with Gasteiger partial charge in [0.05, 0.1) is 17.7 Å². The number of aryl methyl sites for hydroxylation is 1. The summed E-state index contributed by atoms with van der Waals surface area (Å²) in [6, 6.07) is 18.7. The average Bonchev–Trinajstić information content (AvgIpc) is 3.05. The van der Waals surface area contributed by atoms with Crippen molar-refractivity contribution in [1.82, 2.24) is 4.98 Å². The van der Waals surface area contributed by atoms with Gasteiger partial charge in [-0.3, -0.25) is 14.5 Å². The van der Waals surface area contributed by atoms with Crippen LogP contribution in [0.25, 0.3) is 5.76 Å². The maximum Gasteiger partial charge on any atom is 0.301 e. The number of nitrogens with zero attached hydrogens (tertiary/aromatic N) is 2. The number of hydrogen-bond donors (Lipinski definition) is 1. The summed E-state index contributed by atoms with van der Waals surface area (Å²) >= 11 is 0. The van der Waals surface area contributed by atoms with Crippen LogP contribution < -0.4 is 9.64 Å². The molecular weight excluding hydrogens is 404 g/mol. The molecule has 6 heteroatoms. The van der Waals surface area contributed by atoms with E-state index < -0.39 is 17.7 Å². The van der Waals surface area contributed by atoms with E-state index in [0.29, 0.717) is 22.7 Å². The molecule has 1 fully saturated rings. The Morgan fingerprint density at radius 3 is 2.28 bits per heavy atom. The van der Waals surface area contributed by atoms with E-state index in [4.69, 9.17) is 4.74 Å². The van der Waals surface area contributed by atoms with E-state index in [1.807, 2.05) is 45.0 Å². The minimum absolute atomic E-state index is 0.0136. The third-order valence-corrected chi connectivity index (χ3v) is 5.23. The molecule has 32 heavy (non-hydrogen) atoms. The number of ether oxygens (including phenoxy) is 1. The van der Waals surface area contributed by atoms with Gasteiger partial charge in [-0.15, -0.1) is 0 Å². The Morgan fingerprint density at radius 2 is 1.69 bits per heavy atom. The van der Waals surface area contributed by atoms with Gasteiger partial charge in [0.25, 0.3) is 5.78 Å². The fourth-order valence-electron chi connectivity index (χ4n) is 3.75. The normalized spacial score (nSPS) is 17.8. The predicted molar refractivity (Wildman–Crippen MR) is 122 cm³/mol. The molecule has 1 saturated heterocycles. The quantitative estimate of drug-likeness (QED) is 0.359. The number of aliphatic hydroxyl groups excluding tert-OH is 1. The van der Waals surface area contributed by atoms with E-state index in [1.165, 1.54) is 4.90 Å². The predicted octanol–water partition coefficient (Wildman–Crippen LogP) is 4.80. The number of anilines is 1. The minimum atomic E-state index is -0.794. The number of aromatic nitrogens is 1. The Hall–Kier alpha value is -3.93. The van der Waals surface area contributed by atoms with Crippen LogP contribution in [0.1, 0.15) is 36.6 Å². The number of carbonyl (C=O) groups is 2. The first-order valence-corrected chi connectivity index (χ1v) is 10.4. The van der Waals surface area contributed by atoms with Crippen LogP contribution in [-0.4, -0.2) is 27.9 Å². The van der Waals surface area contributed by atoms with Crippen LogP contribution >= 0.6 is 0 Å². The topological polar surface area (TPSA) is 79.7 Å². The van der Waals surface area contributed by atoms with Crippen molar-refractivity contribution in [2.45, 2.75) is 32.9 Å². The minimum Gasteiger partial charge on any atom is -0.507 e. The lowest BCUT2D eigenvalue weighted by Gasteiger charge is -2.24. The van der Waals surface area contributed by atoms with Gasteiger partial charge in [0, 0.05) is 11.8 Å². The van der Waals surface area contributed by atoms with E-state index in [9.17, 15) is 14.7 Å². The first kappa shape index (κ1) is 21.3. The summed E-state index contributed by atoms with van der Waals surface area (Å²) in [6.07, 6.45) is 1.58. The summed E-state index contributed by atoms with van der Waals surface area (Å²) in [4.78, 5) is 31.8. The van der Waals surface area contributed by atoms with E-state index in [-0.39, 0.29) is 17.4 Å². The van der Waals surface area contributed by atoms with Crippen molar-refractivity contribution in [2.24, 2.45) is 0 Å². The summed E-state index contributed by atoms with van der Waals surface area (Å²) in [5.74, 6) is -0.708. The maximum atomic E-state index is 13.1. The SMILES string of the molecule is Cc1ccc([C@@H]2/C(=C(\O)c3ccc(OC(C)C)cc3)C(=O)C(=O)N2c2ccccn2)cc1. The fraction of sp³-hybridized carbons (Fsp3) is 0.192. The van der Waals surface area contributed by atoms with Gasteiger partial charge < -0.3 is 9.84 Å². The molecule has 0 saturated carbocycles. The van der Waals surface area contributed by atoms with Crippen molar-refractivity contribution < 1.29 is 19.4 Å². The summed E-state index contributed by atoms with van der Waals surface area (Å²) in [6.45, 7) is 5.81. The lowest BCUT2D eigenvalue weighted by Crippen LogP contribution is -2.30. The molecule has 0 spiro atoms. The molecule has 3 aromatic rings. The molecule has 0 aliphatic carbocycles. The number of Topliss-reactive ketones (excluding diaryl/α,β-unsaturated/α-hetero) is 1. The second-order valence-corrected chi connectivity index (χ2v) is 7.96. The summed E-state index contributed by atoms with van der Waals surface area (Å²) in [5, 5.41) is 11.2. The molecule has 1 amide bonds. The number of amides is 1. The van der Waals surface area contributed by atoms with Gasteiger partial charge in [-0.2, -0.15) is 0 Å². The molecule has 0 unspecified atom stereocenters. The summed E-state index contributed by atoms with van der Waals surface area (Å²) in [5.41, 5.74) is 2.21. The molecule has 4 rings (SSSR count). The zero-order valence-electron chi connectivity index (χ0n) is 18.1. The van der Waals surface area contributed by atoms with Gasteiger partial charge in [0.1, 0.15) is 17.3 Å². The number of rotatable bonds is 5. The van der Waals surface area contributed by atoms with E-state index in [0.717, 1.165) is 5.56 Å². The molecule has 1 N–H and O–H groups in total. The van der Waals surface area contributed by atoms with Gasteiger partial charge in [-0.05, 0) is 62.7 Å². The molecular formula is C26H24N2O4. The Bertz CT molecular complexity index is 1170. The molecule has 2 aromatic carbocycles. The van der Waals surface area contributed by atoms with Crippen LogP contribution in [0.5, 0.6) is 5.75 Å². The van der Waals surface area contributed by atoms with Crippen molar-refractivity contribution in [2.75, 3.05) is 4.90 Å². The Balaban J connectivity index is 1.85. The molecule has 6 nitrogen and oxygen atoms in total. The molecule has 1 atom stereocenters. The van der Waals surface area contributed by atoms with Gasteiger partial charge >= 0.3 is 5.91 Å². The maximum absolute atomic E-state index is 13.1. The molecule has 0 radical (unpaired) electrons. The average molecular weight is 428 g/mol. The van der Waals surface area contributed by atoms with Crippen molar-refractivity contribution in [1.29, 1.82) is 0 Å². The van der Waals surface area contributed by atoms with Crippen LogP contribution in [0, 0.1) is 6.92 Å². The van der Waals surface area contributed by atoms with Gasteiger partial charge in [0.2, 0.25) is 0 Å². The van der Waals surface area contributed by atoms with Gasteiger partial charge in [-0.25, -0.2) is 4.98 Å². The number of pyridine rings is 1. The highest BCUT2D eigenvalue weighted by molar-refractivity contribution is 6.51. The van der Waals surface area contributed by atoms with Crippen LogP contribution in [0.3, 0.4) is 0 Å². The van der Waals surface area contributed by atoms with E-state index in [2.05, 4.69) is 4.98 Å². The number of carbonyl (C=O) groups excluding carboxylic acids is 2. The third-order valence-electron chi connectivity index (χ3n) is 5.23. The monoisotopic (exact) mass is 428 g/mol. The summed E-state index contributed by atoms with van der Waals surface area (Å²) < 4.78 is 5.65. The van der Waals surface area contributed by atoms with Crippen LogP contribution in [0.2, 0.25) is 0 Å². The highest BCUT2D eigenvalue weighted by atomic mass is 16.5. The third kappa shape index (κ3) is 3.99. The second-order valence-electron chi connectivity index (χ2n) is 7.96. The molecule has 1 aliphatic rings. The zero-order valence-corrected chi connectivity index (χ0v) is 18.1. The van der Waals surface area contributed by atoms with Crippen molar-refractivity contribution in [3.8, 4) is 5.75 Å². The van der Waals surface area contributed by atoms with E-state index >= 15 is 0 Å². The van der Waals surface area contributed by atoms with Crippen LogP contribution in [-0.2, 0) is 9.59 Å². The smallest absolute Gasteiger partial charge is 0.301 e. The van der Waals surface area contributed by atoms with Crippen molar-refractivity contribution >= 4 is 23.3 Å². The first-order chi connectivity index (χ1) is 15.4. The molecule has 0 bridgehead atoms.